The van der Waals surface area contributed by atoms with Gasteiger partial charge in [0.1, 0.15) is 47.9 Å². The number of phenols is 1. The zero-order valence-electron chi connectivity index (χ0n) is 41.6. The largest absolute Gasteiger partial charge is 0.505 e. The van der Waals surface area contributed by atoms with E-state index in [1.165, 1.54) is 42.5 Å². The van der Waals surface area contributed by atoms with Gasteiger partial charge in [0.05, 0.1) is 39.0 Å². The Hall–Kier alpha value is -7.89. The number of aromatic hydroxyl groups is 1. The molecule has 0 aliphatic rings. The van der Waals surface area contributed by atoms with Crippen molar-refractivity contribution in [2.24, 2.45) is 30.7 Å². The molecule has 8 N–H and O–H groups in total. The van der Waals surface area contributed by atoms with Crippen LogP contribution in [-0.4, -0.2) is 110 Å². The summed E-state index contributed by atoms with van der Waals surface area (Å²) in [5.74, 6) is -1.51. The van der Waals surface area contributed by atoms with Gasteiger partial charge < -0.3 is 9.84 Å². The predicted molar refractivity (Wildman–Crippen MR) is 299 cm³/mol. The second-order valence-corrected chi connectivity index (χ2v) is 27.5. The van der Waals surface area contributed by atoms with E-state index in [1.54, 1.807) is 13.0 Å². The molecule has 0 unspecified atom stereocenters. The Morgan fingerprint density at radius 3 is 1.86 bits per heavy atom. The number of nitrogens with zero attached hydrogens (tertiary/aromatic N) is 8. The fraction of sp³-hybridized carbons (Fsp3) is 0.0870. The highest BCUT2D eigenvalue weighted by atomic mass is 35.5. The molecule has 0 aliphatic carbocycles. The monoisotopic (exact) mass is 1310 g/mol. The molecular weight excluding hydrogens is 1270 g/mol. The number of thiazole rings is 1. The Morgan fingerprint density at radius 1 is 0.607 bits per heavy atom. The Balaban J connectivity index is 1.11. The summed E-state index contributed by atoms with van der Waals surface area (Å²) in [6.45, 7) is 1.24. The van der Waals surface area contributed by atoms with Crippen molar-refractivity contribution < 1.29 is 87.7 Å². The third kappa shape index (κ3) is 12.9. The van der Waals surface area contributed by atoms with Crippen molar-refractivity contribution in [3.63, 3.8) is 0 Å². The standard InChI is InChI=1S/C46H34ClN9O21S7/c1-22-14-34(35(77-12-5-13-79(59,60)61)21-33(22)51-54-46-48-41-36(78-46)15-24(47)16-39(41)83(71,72)73)52-49-31-10-9-28-27(43(31)57)8-11-32(44(28)84(74,75)76)50-53-42-40(23-6-3-2-4-7-23)55-56(45(42)58)25-17-29-30(37(18-25)81(65,66)67)19-26(80(62,63)64)20-38(29)82(68,69)70/h2-4,6-11,14-21,55,57H,5,12-13H2,1H3,(H,59,60,61)(H,62,63,64)(H,65,66,67)(H,68,69,70)(H,71,72,73)(H,74,75,76). The minimum Gasteiger partial charge on any atom is -0.505 e. The quantitative estimate of drug-likeness (QED) is 0.0225. The van der Waals surface area contributed by atoms with Crippen molar-refractivity contribution >= 4 is 149 Å². The number of nitrogens with one attached hydrogen (secondary N) is 1. The van der Waals surface area contributed by atoms with Gasteiger partial charge in [0.25, 0.3) is 66.3 Å². The van der Waals surface area contributed by atoms with Crippen LogP contribution in [0, 0.1) is 6.92 Å². The van der Waals surface area contributed by atoms with Crippen LogP contribution in [0.25, 0.3) is 48.7 Å². The van der Waals surface area contributed by atoms with E-state index < -0.39 is 130 Å². The van der Waals surface area contributed by atoms with Gasteiger partial charge in [0.15, 0.2) is 11.4 Å². The number of azo groups is 3. The Labute approximate surface area is 481 Å². The van der Waals surface area contributed by atoms with Crippen LogP contribution in [0.1, 0.15) is 12.0 Å². The molecule has 0 aliphatic heterocycles. The lowest BCUT2D eigenvalue weighted by Crippen LogP contribution is -2.15. The summed E-state index contributed by atoms with van der Waals surface area (Å²) in [5.41, 5.74) is -3.20. The third-order valence-electron chi connectivity index (χ3n) is 11.9. The summed E-state index contributed by atoms with van der Waals surface area (Å²) >= 11 is 6.93. The zero-order valence-corrected chi connectivity index (χ0v) is 48.1. The summed E-state index contributed by atoms with van der Waals surface area (Å²) in [4.78, 5) is 13.3. The van der Waals surface area contributed by atoms with Crippen LogP contribution >= 0.6 is 22.9 Å². The molecule has 9 aromatic rings. The zero-order chi connectivity index (χ0) is 61.2. The molecule has 0 fully saturated rings. The van der Waals surface area contributed by atoms with E-state index >= 15 is 0 Å². The topological polar surface area (TPSA) is 481 Å². The van der Waals surface area contributed by atoms with Gasteiger partial charge >= 0.3 is 0 Å². The van der Waals surface area contributed by atoms with E-state index in [9.17, 15) is 87.7 Å². The van der Waals surface area contributed by atoms with Gasteiger partial charge in [-0.2, -0.15) is 50.5 Å². The lowest BCUT2D eigenvalue weighted by molar-refractivity contribution is 0.317. The summed E-state index contributed by atoms with van der Waals surface area (Å²) in [6.07, 6.45) is -0.216. The second-order valence-electron chi connectivity index (χ2n) is 17.6. The molecular formula is C46H34ClN9O21S7. The minimum atomic E-state index is -5.48. The lowest BCUT2D eigenvalue weighted by atomic mass is 10.1. The number of rotatable bonds is 18. The summed E-state index contributed by atoms with van der Waals surface area (Å²) in [5, 5.41) is 36.4. The lowest BCUT2D eigenvalue weighted by Gasteiger charge is -2.13. The van der Waals surface area contributed by atoms with Crippen molar-refractivity contribution in [2.45, 2.75) is 37.8 Å². The molecule has 438 valence electrons. The SMILES string of the molecule is Cc1cc(N=Nc2ccc3c(S(=O)(=O)O)c(N=Nc4c(-c5ccccc5)[nH]n(-c5cc(S(=O)(=O)O)c6cc(S(=O)(=O)O)cc(S(=O)(=O)O)c6c5)c4=O)ccc3c2O)c(OCCCS(=O)(=O)O)cc1N=Nc1nc2c(S(=O)(=O)O)cc(Cl)cc2s1. The van der Waals surface area contributed by atoms with Crippen LogP contribution in [0.15, 0.2) is 163 Å². The van der Waals surface area contributed by atoms with Gasteiger partial charge in [-0.1, -0.05) is 59.3 Å². The van der Waals surface area contributed by atoms with Gasteiger partial charge in [0.2, 0.25) is 5.13 Å². The van der Waals surface area contributed by atoms with E-state index in [4.69, 9.17) is 16.3 Å². The van der Waals surface area contributed by atoms with Crippen LogP contribution in [0.3, 0.4) is 0 Å². The molecule has 0 radical (unpaired) electrons. The molecule has 2 heterocycles. The number of hydrogen-bond acceptors (Lipinski definition) is 23. The maximum absolute atomic E-state index is 14.4. The van der Waals surface area contributed by atoms with Gasteiger partial charge in [-0.15, -0.1) is 30.7 Å². The highest BCUT2D eigenvalue weighted by Crippen LogP contribution is 2.44. The number of H-pyrrole nitrogens is 1. The molecule has 38 heteroatoms. The maximum Gasteiger partial charge on any atom is 0.299 e. The fourth-order valence-corrected chi connectivity index (χ4v) is 13.5. The highest BCUT2D eigenvalue weighted by molar-refractivity contribution is 7.87. The summed E-state index contributed by atoms with van der Waals surface area (Å²) < 4.78 is 214. The number of ether oxygens (including phenoxy) is 1. The number of hydrogen-bond donors (Lipinski definition) is 8. The van der Waals surface area contributed by atoms with E-state index in [1.807, 2.05) is 0 Å². The first-order valence-electron chi connectivity index (χ1n) is 22.8. The average molecular weight is 1310 g/mol. The molecule has 30 nitrogen and oxygen atoms in total. The molecule has 0 saturated heterocycles. The molecule has 7 aromatic carbocycles. The first-order valence-corrected chi connectivity index (χ1v) is 32.8. The minimum absolute atomic E-state index is 0.0134. The van der Waals surface area contributed by atoms with Crippen LogP contribution < -0.4 is 10.3 Å². The van der Waals surface area contributed by atoms with Gasteiger partial charge in [-0.05, 0) is 79.6 Å². The number of phenolic OH excluding ortho intramolecular Hbond substituents is 1. The van der Waals surface area contributed by atoms with Crippen LogP contribution in [-0.2, 0) is 60.7 Å². The average Bonchev–Trinajstić information content (AvgIpc) is 1.17. The number of aryl methyl sites for hydroxylation is 1. The number of fused-ring (bicyclic) bond motifs is 3. The molecule has 9 rings (SSSR count). The highest BCUT2D eigenvalue weighted by Gasteiger charge is 2.29. The molecule has 84 heavy (non-hydrogen) atoms. The fourth-order valence-electron chi connectivity index (χ4n) is 8.23. The van der Waals surface area contributed by atoms with Crippen molar-refractivity contribution in [1.82, 2.24) is 14.8 Å². The van der Waals surface area contributed by atoms with E-state index in [2.05, 4.69) is 40.8 Å². The van der Waals surface area contributed by atoms with E-state index in [0.717, 1.165) is 47.7 Å². The molecule has 0 atom stereocenters. The van der Waals surface area contributed by atoms with Crippen LogP contribution in [0.4, 0.5) is 33.6 Å². The van der Waals surface area contributed by atoms with E-state index in [-0.39, 0.29) is 84.3 Å². The van der Waals surface area contributed by atoms with Gasteiger partial charge in [-0.3, -0.25) is 37.2 Å². The molecule has 0 bridgehead atoms. The normalized spacial score (nSPS) is 13.2. The number of halogens is 1. The third-order valence-corrected chi connectivity index (χ3v) is 18.2. The Kier molecular flexibility index (Phi) is 16.1. The van der Waals surface area contributed by atoms with Crippen LogP contribution in [0.2, 0.25) is 5.02 Å². The summed E-state index contributed by atoms with van der Waals surface area (Å²) in [6, 6.07) is 19.0. The second kappa shape index (κ2) is 22.3. The predicted octanol–water partition coefficient (Wildman–Crippen LogP) is 9.55. The van der Waals surface area contributed by atoms with Crippen molar-refractivity contribution in [3.05, 3.63) is 124 Å². The first-order chi connectivity index (χ1) is 39.1. The number of aromatic amines is 1. The molecule has 0 spiro atoms. The molecule has 2 aromatic heterocycles. The van der Waals surface area contributed by atoms with Gasteiger partial charge in [-0.25, -0.2) is 9.67 Å². The van der Waals surface area contributed by atoms with Crippen molar-refractivity contribution in [3.8, 4) is 28.4 Å². The first kappa shape index (κ1) is 60.7. The maximum atomic E-state index is 14.4. The summed E-state index contributed by atoms with van der Waals surface area (Å²) in [7, 11) is -30.7. The van der Waals surface area contributed by atoms with Crippen LogP contribution in [0.5, 0.6) is 11.5 Å². The van der Waals surface area contributed by atoms with Crippen molar-refractivity contribution in [1.29, 1.82) is 0 Å². The number of benzene rings is 7. The van der Waals surface area contributed by atoms with Gasteiger partial charge in [0, 0.05) is 38.2 Å². The Bertz CT molecular complexity index is 5150. The molecule has 0 saturated carbocycles. The Morgan fingerprint density at radius 2 is 1.21 bits per heavy atom. The number of aromatic nitrogens is 3. The van der Waals surface area contributed by atoms with E-state index in [0.29, 0.717) is 22.4 Å². The molecule has 0 amide bonds. The smallest absolute Gasteiger partial charge is 0.299 e. The van der Waals surface area contributed by atoms with Crippen molar-refractivity contribution in [2.75, 3.05) is 12.4 Å².